The average molecular weight is 589 g/mol. The van der Waals surface area contributed by atoms with Crippen LogP contribution in [0.1, 0.15) is 27.8 Å². The molecule has 1 N–H and O–H groups in total. The number of allylic oxidation sites excluding steroid dienone is 1. The van der Waals surface area contributed by atoms with E-state index in [9.17, 15) is 18.0 Å². The molecule has 0 spiro atoms. The first-order valence-electron chi connectivity index (χ1n) is 12.3. The fourth-order valence-corrected chi connectivity index (χ4v) is 3.75. The Morgan fingerprint density at radius 2 is 1.74 bits per heavy atom. The lowest BCUT2D eigenvalue weighted by molar-refractivity contribution is -0.137. The monoisotopic (exact) mass is 588 g/mol. The smallest absolute Gasteiger partial charge is 0.416 e. The average Bonchev–Trinajstić information content (AvgIpc) is 2.97. The quantitative estimate of drug-likeness (QED) is 0.0638. The predicted molar refractivity (Wildman–Crippen MR) is 146 cm³/mol. The van der Waals surface area contributed by atoms with Gasteiger partial charge in [-0.1, -0.05) is 48.1 Å². The van der Waals surface area contributed by atoms with Crippen LogP contribution in [0.25, 0.3) is 5.57 Å². The largest absolute Gasteiger partial charge is 0.503 e. The molecule has 0 atom stereocenters. The fraction of sp³-hybridized carbons (Fsp3) is 0.200. The van der Waals surface area contributed by atoms with Gasteiger partial charge >= 0.3 is 12.1 Å². The molecular formula is C30H28F4N2O6. The molecular weight excluding hydrogens is 560 g/mol. The van der Waals surface area contributed by atoms with Gasteiger partial charge in [0.15, 0.2) is 0 Å². The molecule has 0 aliphatic heterocycles. The summed E-state index contributed by atoms with van der Waals surface area (Å²) in [6.07, 6.45) is -3.23. The molecule has 3 aromatic rings. The molecule has 0 fully saturated rings. The Bertz CT molecular complexity index is 1470. The van der Waals surface area contributed by atoms with Crippen LogP contribution in [0.3, 0.4) is 0 Å². The first kappa shape index (κ1) is 31.7. The van der Waals surface area contributed by atoms with Gasteiger partial charge < -0.3 is 19.0 Å². The van der Waals surface area contributed by atoms with Gasteiger partial charge in [0.2, 0.25) is 0 Å². The summed E-state index contributed by atoms with van der Waals surface area (Å²) in [5.74, 6) is -1.27. The van der Waals surface area contributed by atoms with Crippen LogP contribution in [0.5, 0.6) is 5.75 Å². The first-order chi connectivity index (χ1) is 20.1. The molecule has 0 amide bonds. The second-order valence-corrected chi connectivity index (χ2v) is 8.54. The Balaban J connectivity index is 1.69. The van der Waals surface area contributed by atoms with Crippen molar-refractivity contribution in [3.8, 4) is 5.75 Å². The van der Waals surface area contributed by atoms with E-state index in [4.69, 9.17) is 23.9 Å². The number of hydroxylamine groups is 1. The summed E-state index contributed by atoms with van der Waals surface area (Å²) in [7, 11) is 3.92. The highest BCUT2D eigenvalue weighted by Crippen LogP contribution is 2.30. The molecule has 0 bridgehead atoms. The van der Waals surface area contributed by atoms with E-state index in [2.05, 4.69) is 17.2 Å². The zero-order chi connectivity index (χ0) is 30.7. The van der Waals surface area contributed by atoms with Crippen molar-refractivity contribution in [3.63, 3.8) is 0 Å². The van der Waals surface area contributed by atoms with Crippen molar-refractivity contribution in [1.82, 2.24) is 5.48 Å². The summed E-state index contributed by atoms with van der Waals surface area (Å²) in [4.78, 5) is 22.6. The van der Waals surface area contributed by atoms with Gasteiger partial charge in [-0.2, -0.15) is 13.2 Å². The minimum atomic E-state index is -4.49. The van der Waals surface area contributed by atoms with Crippen LogP contribution in [0.4, 0.5) is 17.6 Å². The van der Waals surface area contributed by atoms with Gasteiger partial charge in [-0.3, -0.25) is 10.3 Å². The molecule has 3 rings (SSSR count). The van der Waals surface area contributed by atoms with Crippen molar-refractivity contribution < 1.29 is 46.2 Å². The zero-order valence-electron chi connectivity index (χ0n) is 23.0. The lowest BCUT2D eigenvalue weighted by atomic mass is 10.0. The molecule has 0 aliphatic carbocycles. The number of benzene rings is 3. The topological polar surface area (TPSA) is 87.6 Å². The van der Waals surface area contributed by atoms with Crippen molar-refractivity contribution in [3.05, 3.63) is 119 Å². The minimum Gasteiger partial charge on any atom is -0.503 e. The molecule has 3 aromatic carbocycles. The number of esters is 1. The van der Waals surface area contributed by atoms with E-state index >= 15 is 4.39 Å². The van der Waals surface area contributed by atoms with Gasteiger partial charge in [-0.15, -0.1) is 0 Å². The number of carbonyl (C=O) groups excluding carboxylic acids is 1. The van der Waals surface area contributed by atoms with Crippen LogP contribution in [0.2, 0.25) is 0 Å². The highest BCUT2D eigenvalue weighted by atomic mass is 19.4. The molecule has 0 saturated heterocycles. The van der Waals surface area contributed by atoms with E-state index in [0.29, 0.717) is 11.1 Å². The maximum atomic E-state index is 15.1. The van der Waals surface area contributed by atoms with Crippen LogP contribution in [-0.4, -0.2) is 33.0 Å². The normalized spacial score (nSPS) is 12.0. The Labute approximate surface area is 239 Å². The number of nitrogens with zero attached hydrogens (tertiary/aromatic N) is 1. The Morgan fingerprint density at radius 3 is 2.40 bits per heavy atom. The number of ether oxygens (including phenoxy) is 3. The van der Waals surface area contributed by atoms with Crippen molar-refractivity contribution in [2.24, 2.45) is 5.16 Å². The van der Waals surface area contributed by atoms with E-state index in [-0.39, 0.29) is 47.1 Å². The van der Waals surface area contributed by atoms with Gasteiger partial charge in [-0.05, 0) is 41.0 Å². The van der Waals surface area contributed by atoms with Gasteiger partial charge in [0.05, 0.1) is 31.7 Å². The van der Waals surface area contributed by atoms with Gasteiger partial charge in [-0.25, -0.2) is 9.18 Å². The number of hydrogen-bond donors (Lipinski definition) is 1. The summed E-state index contributed by atoms with van der Waals surface area (Å²) in [6, 6.07) is 15.4. The van der Waals surface area contributed by atoms with Crippen molar-refractivity contribution in [1.29, 1.82) is 0 Å². The SMILES string of the molecule is C=C(NOCc1ccccc1C(=COC)C(=O)OC)C(=NOC)c1ccc(OCc2cccc(C(F)(F)F)c2)cc1F. The van der Waals surface area contributed by atoms with E-state index in [1.807, 2.05) is 0 Å². The van der Waals surface area contributed by atoms with Crippen molar-refractivity contribution in [2.45, 2.75) is 19.4 Å². The van der Waals surface area contributed by atoms with E-state index < -0.39 is 23.5 Å². The molecule has 42 heavy (non-hydrogen) atoms. The number of hydrogen-bond acceptors (Lipinski definition) is 8. The summed E-state index contributed by atoms with van der Waals surface area (Å²) in [6.45, 7) is 3.59. The third kappa shape index (κ3) is 8.33. The lowest BCUT2D eigenvalue weighted by Gasteiger charge is -2.15. The number of rotatable bonds is 13. The molecule has 0 heterocycles. The van der Waals surface area contributed by atoms with Crippen molar-refractivity contribution in [2.75, 3.05) is 21.3 Å². The molecule has 0 radical (unpaired) electrons. The molecule has 12 heteroatoms. The first-order valence-corrected chi connectivity index (χ1v) is 12.3. The molecule has 222 valence electrons. The standard InChI is InChI=1S/C30H28F4N2O6/c1-19(35-42-17-21-9-5-6-11-24(21)26(18-38-2)29(37)39-3)28(36-40-4)25-13-12-23(15-27(25)31)41-16-20-8-7-10-22(14-20)30(32,33)34/h5-15,18,35H,1,16-17H2,2-4H3. The molecule has 0 unspecified atom stereocenters. The molecule has 0 aliphatic rings. The Morgan fingerprint density at radius 1 is 0.976 bits per heavy atom. The van der Waals surface area contributed by atoms with E-state index in [1.165, 1.54) is 51.9 Å². The predicted octanol–water partition coefficient (Wildman–Crippen LogP) is 6.17. The number of oxime groups is 1. The fourth-order valence-electron chi connectivity index (χ4n) is 3.75. The second kappa shape index (κ2) is 14.7. The third-order valence-corrected chi connectivity index (χ3v) is 5.70. The zero-order valence-corrected chi connectivity index (χ0v) is 23.0. The highest BCUT2D eigenvalue weighted by Gasteiger charge is 2.30. The highest BCUT2D eigenvalue weighted by molar-refractivity contribution is 6.16. The molecule has 0 saturated carbocycles. The summed E-state index contributed by atoms with van der Waals surface area (Å²) < 4.78 is 69.3. The second-order valence-electron chi connectivity index (χ2n) is 8.54. The Hall–Kier alpha value is -4.84. The lowest BCUT2D eigenvalue weighted by Crippen LogP contribution is -2.22. The van der Waals surface area contributed by atoms with Gasteiger partial charge in [0.1, 0.15) is 43.2 Å². The van der Waals surface area contributed by atoms with Crippen molar-refractivity contribution >= 4 is 17.3 Å². The van der Waals surface area contributed by atoms with Crippen LogP contribution in [0.15, 0.2) is 90.4 Å². The molecule has 0 aromatic heterocycles. The van der Waals surface area contributed by atoms with Crippen LogP contribution in [0, 0.1) is 5.82 Å². The van der Waals surface area contributed by atoms with Crippen LogP contribution in [-0.2, 0) is 43.3 Å². The van der Waals surface area contributed by atoms with E-state index in [0.717, 1.165) is 18.2 Å². The number of methoxy groups -OCH3 is 2. The van der Waals surface area contributed by atoms with Gasteiger partial charge in [0.25, 0.3) is 0 Å². The van der Waals surface area contributed by atoms with Gasteiger partial charge in [0, 0.05) is 11.6 Å². The third-order valence-electron chi connectivity index (χ3n) is 5.70. The number of alkyl halides is 3. The summed E-state index contributed by atoms with van der Waals surface area (Å²) in [5, 5.41) is 3.84. The maximum absolute atomic E-state index is 15.1. The van der Waals surface area contributed by atoms with Crippen LogP contribution >= 0.6 is 0 Å². The van der Waals surface area contributed by atoms with E-state index in [1.54, 1.807) is 24.3 Å². The molecule has 8 nitrogen and oxygen atoms in total. The minimum absolute atomic E-state index is 0.0132. The Kier molecular flexibility index (Phi) is 11.1. The number of nitrogens with one attached hydrogen (secondary N) is 1. The number of carbonyl (C=O) groups is 1. The maximum Gasteiger partial charge on any atom is 0.416 e. The summed E-state index contributed by atoms with van der Waals surface area (Å²) in [5.41, 5.74) is 3.36. The summed E-state index contributed by atoms with van der Waals surface area (Å²) >= 11 is 0. The van der Waals surface area contributed by atoms with Crippen LogP contribution < -0.4 is 10.2 Å². The number of halogens is 4.